The molecule has 8 rings (SSSR count). The van der Waals surface area contributed by atoms with Crippen LogP contribution in [0.1, 0.15) is 82.5 Å². The zero-order chi connectivity index (χ0) is 50.2. The molecule has 2 aliphatic rings. The van der Waals surface area contributed by atoms with Gasteiger partial charge in [-0.05, 0) is 115 Å². The van der Waals surface area contributed by atoms with Gasteiger partial charge >= 0.3 is 5.43 Å². The summed E-state index contributed by atoms with van der Waals surface area (Å²) >= 11 is 4.97. The van der Waals surface area contributed by atoms with Gasteiger partial charge in [-0.3, -0.25) is 14.4 Å². The lowest BCUT2D eigenvalue weighted by Gasteiger charge is -2.42. The molecule has 11 nitrogen and oxygen atoms in total. The summed E-state index contributed by atoms with van der Waals surface area (Å²) in [6, 6.07) is 55.1. The van der Waals surface area contributed by atoms with E-state index in [-0.39, 0.29) is 42.6 Å². The Balaban J connectivity index is 0.000000226. The average molecular weight is 996 g/mol. The number of hydrogen-bond donors (Lipinski definition) is 3. The smallest absolute Gasteiger partial charge is 0.404 e. The molecular formula is C60H71ClN4O7. The van der Waals surface area contributed by atoms with Crippen LogP contribution in [0.2, 0.25) is 0 Å². The number of nitrogens with zero attached hydrogens (tertiary/aromatic N) is 1. The summed E-state index contributed by atoms with van der Waals surface area (Å²) in [4.78, 5) is 50.7. The number of carbonyl (C=O) groups is 4. The maximum atomic E-state index is 13.0. The normalized spacial score (nSPS) is 14.2. The summed E-state index contributed by atoms with van der Waals surface area (Å²) in [6.07, 6.45) is 6.98. The van der Waals surface area contributed by atoms with Crippen molar-refractivity contribution in [3.05, 3.63) is 203 Å². The van der Waals surface area contributed by atoms with Crippen LogP contribution in [-0.4, -0.2) is 81.5 Å². The third-order valence-corrected chi connectivity index (χ3v) is 13.4. The van der Waals surface area contributed by atoms with Gasteiger partial charge < -0.3 is 35.1 Å². The molecule has 2 aliphatic heterocycles. The van der Waals surface area contributed by atoms with Gasteiger partial charge in [-0.1, -0.05) is 153 Å². The van der Waals surface area contributed by atoms with E-state index in [9.17, 15) is 19.2 Å². The number of nitrogens with one attached hydrogen (secondary N) is 3. The molecule has 0 aliphatic carbocycles. The van der Waals surface area contributed by atoms with Crippen molar-refractivity contribution in [1.29, 1.82) is 0 Å². The van der Waals surface area contributed by atoms with Gasteiger partial charge in [0.2, 0.25) is 5.91 Å². The summed E-state index contributed by atoms with van der Waals surface area (Å²) in [6.45, 7) is 4.90. The van der Waals surface area contributed by atoms with Crippen LogP contribution >= 0.6 is 11.6 Å². The third kappa shape index (κ3) is 17.7. The molecule has 0 atom stereocenters. The largest absolute Gasteiger partial charge is 0.496 e. The molecule has 380 valence electrons. The first kappa shape index (κ1) is 56.0. The maximum absolute atomic E-state index is 13.0. The Kier molecular flexibility index (Phi) is 22.9. The molecule has 6 aromatic carbocycles. The van der Waals surface area contributed by atoms with Crippen LogP contribution in [0, 0.1) is 10.8 Å². The lowest BCUT2D eigenvalue weighted by atomic mass is 9.73. The van der Waals surface area contributed by atoms with Crippen LogP contribution < -0.4 is 25.4 Å². The molecule has 0 saturated carbocycles. The number of likely N-dealkylation sites (tertiary alicyclic amines) is 1. The molecule has 72 heavy (non-hydrogen) atoms. The lowest BCUT2D eigenvalue weighted by Crippen LogP contribution is -2.49. The van der Waals surface area contributed by atoms with Crippen LogP contribution in [0.3, 0.4) is 0 Å². The summed E-state index contributed by atoms with van der Waals surface area (Å²) in [5, 5.41) is 9.76. The number of hydrogen-bond acceptors (Lipinski definition) is 8. The highest BCUT2D eigenvalue weighted by atomic mass is 35.5. The van der Waals surface area contributed by atoms with Gasteiger partial charge in [-0.25, -0.2) is 4.79 Å². The molecule has 0 aromatic heterocycles. The van der Waals surface area contributed by atoms with Crippen LogP contribution in [-0.2, 0) is 35.4 Å². The Labute approximate surface area is 431 Å². The van der Waals surface area contributed by atoms with E-state index in [1.165, 1.54) is 16.7 Å². The van der Waals surface area contributed by atoms with Crippen LogP contribution in [0.15, 0.2) is 170 Å². The van der Waals surface area contributed by atoms with E-state index in [0.717, 1.165) is 63.6 Å². The average Bonchev–Trinajstić information content (AvgIpc) is 3.42. The van der Waals surface area contributed by atoms with Crippen LogP contribution in [0.5, 0.6) is 11.5 Å². The molecule has 2 saturated heterocycles. The van der Waals surface area contributed by atoms with Crippen molar-refractivity contribution in [3.8, 4) is 11.5 Å². The van der Waals surface area contributed by atoms with Gasteiger partial charge in [0, 0.05) is 44.2 Å². The minimum Gasteiger partial charge on any atom is -0.496 e. The molecule has 3 amide bonds. The standard InChI is InChI=1S/C30H34N2O3.C21H26N2O2.C8H7ClO2.CH4/c1-35-27-15-9-8-14-26(27)29(34)31-23-30(22-25-12-6-3-7-13-25)18-20-32(21-19-30)28(33)17-16-24-10-4-2-5-11-24;1-25-19-10-6-5-9-18(19)20(24)23-16-21(11-13-22-14-12-21)15-17-7-3-2-4-8-17;9-8(10)11-6-7-4-2-1-3-5-7;/h2-15H,16-23H2,1H3,(H,31,34);2-10,22H,11-16H2,1H3,(H,23,24);1-5H,6H2;1H4. The second-order valence-electron chi connectivity index (χ2n) is 18.2. The number of amides is 3. The van der Waals surface area contributed by atoms with Gasteiger partial charge in [-0.2, -0.15) is 0 Å². The Morgan fingerprint density at radius 3 is 1.36 bits per heavy atom. The van der Waals surface area contributed by atoms with Crippen molar-refractivity contribution in [2.75, 3.05) is 53.5 Å². The maximum Gasteiger partial charge on any atom is 0.404 e. The summed E-state index contributed by atoms with van der Waals surface area (Å²) in [7, 11) is 3.17. The number of para-hydroxylation sites is 2. The SMILES string of the molecule is C.COc1ccccc1C(=O)NCC1(Cc2ccccc2)CCN(C(=O)CCc2ccccc2)CC1.COc1ccccc1C(=O)NCC1(Cc2ccccc2)CCNCC1.O=C(Cl)OCc1ccccc1. The first-order chi connectivity index (χ1) is 34.6. The topological polar surface area (TPSA) is 135 Å². The second-order valence-corrected chi connectivity index (χ2v) is 18.5. The number of benzene rings is 6. The number of carbonyl (C=O) groups excluding carboxylic acids is 4. The number of aryl methyl sites for hydroxylation is 1. The van der Waals surface area contributed by atoms with Crippen molar-refractivity contribution in [3.63, 3.8) is 0 Å². The molecule has 0 radical (unpaired) electrons. The Hall–Kier alpha value is -6.95. The van der Waals surface area contributed by atoms with Crippen molar-refractivity contribution in [1.82, 2.24) is 20.9 Å². The zero-order valence-corrected chi connectivity index (χ0v) is 41.7. The number of rotatable bonds is 17. The molecular weight excluding hydrogens is 924 g/mol. The molecule has 12 heteroatoms. The minimum atomic E-state index is -0.770. The monoisotopic (exact) mass is 995 g/mol. The van der Waals surface area contributed by atoms with E-state index in [1.54, 1.807) is 32.4 Å². The number of halogens is 1. The van der Waals surface area contributed by atoms with Gasteiger partial charge in [-0.15, -0.1) is 0 Å². The van der Waals surface area contributed by atoms with Crippen molar-refractivity contribution in [2.45, 2.75) is 65.4 Å². The van der Waals surface area contributed by atoms with E-state index in [4.69, 9.17) is 21.1 Å². The van der Waals surface area contributed by atoms with Gasteiger partial charge in [0.1, 0.15) is 18.1 Å². The lowest BCUT2D eigenvalue weighted by molar-refractivity contribution is -0.133. The van der Waals surface area contributed by atoms with Gasteiger partial charge in [0.25, 0.3) is 11.8 Å². The quantitative estimate of drug-likeness (QED) is 0.0769. The Morgan fingerprint density at radius 2 is 0.931 bits per heavy atom. The van der Waals surface area contributed by atoms with Crippen molar-refractivity contribution in [2.24, 2.45) is 10.8 Å². The predicted molar refractivity (Wildman–Crippen MR) is 288 cm³/mol. The fraction of sp³-hybridized carbons (Fsp3) is 0.333. The molecule has 3 N–H and O–H groups in total. The van der Waals surface area contributed by atoms with Crippen LogP contribution in [0.25, 0.3) is 0 Å². The highest BCUT2D eigenvalue weighted by Crippen LogP contribution is 2.36. The molecule has 0 unspecified atom stereocenters. The first-order valence-corrected chi connectivity index (χ1v) is 24.8. The highest BCUT2D eigenvalue weighted by Gasteiger charge is 2.37. The zero-order valence-electron chi connectivity index (χ0n) is 41.0. The number of methoxy groups -OCH3 is 2. The van der Waals surface area contributed by atoms with E-state index >= 15 is 0 Å². The van der Waals surface area contributed by atoms with E-state index < -0.39 is 5.43 Å². The molecule has 0 spiro atoms. The first-order valence-electron chi connectivity index (χ1n) is 24.4. The fourth-order valence-electron chi connectivity index (χ4n) is 9.24. The van der Waals surface area contributed by atoms with Crippen molar-refractivity contribution >= 4 is 34.8 Å². The molecule has 0 bridgehead atoms. The van der Waals surface area contributed by atoms with E-state index in [2.05, 4.69) is 81.4 Å². The fourth-order valence-corrected chi connectivity index (χ4v) is 9.29. The van der Waals surface area contributed by atoms with Gasteiger partial charge in [0.15, 0.2) is 0 Å². The summed E-state index contributed by atoms with van der Waals surface area (Å²) in [5.74, 6) is 1.20. The third-order valence-electron chi connectivity index (χ3n) is 13.3. The van der Waals surface area contributed by atoms with E-state index in [0.29, 0.717) is 55.2 Å². The van der Waals surface area contributed by atoms with Crippen LogP contribution in [0.4, 0.5) is 4.79 Å². The van der Waals surface area contributed by atoms with E-state index in [1.807, 2.05) is 95.9 Å². The minimum absolute atomic E-state index is 0. The molecule has 6 aromatic rings. The number of ether oxygens (including phenoxy) is 3. The summed E-state index contributed by atoms with van der Waals surface area (Å²) in [5.41, 5.74) is 5.07. The summed E-state index contributed by atoms with van der Waals surface area (Å²) < 4.78 is 15.2. The Bertz CT molecular complexity index is 2550. The Morgan fingerprint density at radius 1 is 0.542 bits per heavy atom. The molecule has 2 fully saturated rings. The van der Waals surface area contributed by atoms with Gasteiger partial charge in [0.05, 0.1) is 25.3 Å². The molecule has 2 heterocycles. The number of piperidine rings is 2. The second kappa shape index (κ2) is 29.4. The van der Waals surface area contributed by atoms with Crippen molar-refractivity contribution < 1.29 is 33.4 Å². The highest BCUT2D eigenvalue weighted by molar-refractivity contribution is 6.61. The predicted octanol–water partition coefficient (Wildman–Crippen LogP) is 11.1.